The first-order valence-electron chi connectivity index (χ1n) is 8.37. The fourth-order valence-electron chi connectivity index (χ4n) is 2.20. The molecule has 8 heteroatoms. The number of guanidine groups is 1. The lowest BCUT2D eigenvalue weighted by Gasteiger charge is -2.17. The van der Waals surface area contributed by atoms with Crippen LogP contribution in [0.25, 0.3) is 0 Å². The highest BCUT2D eigenvalue weighted by Crippen LogP contribution is 2.16. The molecule has 0 saturated carbocycles. The van der Waals surface area contributed by atoms with Gasteiger partial charge in [0.15, 0.2) is 5.96 Å². The number of nitrogens with one attached hydrogen (secondary N) is 2. The summed E-state index contributed by atoms with van der Waals surface area (Å²) < 4.78 is 37.0. The Bertz CT molecular complexity index is 680. The average Bonchev–Trinajstić information content (AvgIpc) is 2.50. The van der Waals surface area contributed by atoms with Crippen LogP contribution < -0.4 is 10.6 Å². The van der Waals surface area contributed by atoms with E-state index in [1.54, 1.807) is 6.07 Å². The zero-order chi connectivity index (χ0) is 18.9. The molecule has 0 aliphatic carbocycles. The molecular weight excluding hydrogens is 409 g/mol. The van der Waals surface area contributed by atoms with Crippen LogP contribution in [0.5, 0.6) is 0 Å². The monoisotopic (exact) mass is 435 g/mol. The van der Waals surface area contributed by atoms with Gasteiger partial charge in [-0.05, 0) is 50.8 Å². The molecule has 2 N–H and O–H groups in total. The van der Waals surface area contributed by atoms with Gasteiger partial charge in [-0.1, -0.05) is 22.0 Å². The van der Waals surface area contributed by atoms with Gasteiger partial charge in [-0.25, -0.2) is 12.8 Å². The van der Waals surface area contributed by atoms with E-state index in [9.17, 15) is 12.8 Å². The number of nitrogens with zero attached hydrogens (tertiary/aromatic N) is 1. The Hall–Kier alpha value is -1.15. The van der Waals surface area contributed by atoms with Crippen LogP contribution in [0.4, 0.5) is 4.39 Å². The summed E-state index contributed by atoms with van der Waals surface area (Å²) in [4.78, 5) is 4.47. The molecule has 1 rings (SSSR count). The highest BCUT2D eigenvalue weighted by molar-refractivity contribution is 9.10. The van der Waals surface area contributed by atoms with E-state index in [-0.39, 0.29) is 17.6 Å². The van der Waals surface area contributed by atoms with Crippen LogP contribution in [-0.2, 0) is 16.3 Å². The summed E-state index contributed by atoms with van der Waals surface area (Å²) in [6.45, 7) is 5.17. The third-order valence-electron chi connectivity index (χ3n) is 3.54. The van der Waals surface area contributed by atoms with Crippen molar-refractivity contribution in [3.63, 3.8) is 0 Å². The van der Waals surface area contributed by atoms with Crippen LogP contribution in [0.15, 0.2) is 27.7 Å². The Kier molecular flexibility index (Phi) is 9.42. The first-order chi connectivity index (χ1) is 11.7. The molecule has 0 radical (unpaired) electrons. The zero-order valence-corrected chi connectivity index (χ0v) is 17.4. The van der Waals surface area contributed by atoms with Crippen LogP contribution in [0.1, 0.15) is 32.3 Å². The summed E-state index contributed by atoms with van der Waals surface area (Å²) in [7, 11) is -2.97. The van der Waals surface area contributed by atoms with Crippen LogP contribution >= 0.6 is 15.9 Å². The topological polar surface area (TPSA) is 70.6 Å². The van der Waals surface area contributed by atoms with Crippen LogP contribution in [0.3, 0.4) is 0 Å². The minimum atomic E-state index is -2.97. The second kappa shape index (κ2) is 10.8. The molecule has 1 aromatic carbocycles. The predicted molar refractivity (Wildman–Crippen MR) is 105 cm³/mol. The highest BCUT2D eigenvalue weighted by Gasteiger charge is 2.09. The molecule has 0 fully saturated rings. The van der Waals surface area contributed by atoms with Crippen molar-refractivity contribution < 1.29 is 12.8 Å². The summed E-state index contributed by atoms with van der Waals surface area (Å²) in [5, 5.41) is 6.34. The number of hydrogen-bond donors (Lipinski definition) is 2. The van der Waals surface area contributed by atoms with E-state index in [0.29, 0.717) is 37.5 Å². The zero-order valence-electron chi connectivity index (χ0n) is 15.0. The SMILES string of the molecule is CCNC(=NCCCc1ccc(Br)cc1F)NC(C)CCS(C)(=O)=O. The van der Waals surface area contributed by atoms with Crippen LogP contribution in [0, 0.1) is 5.82 Å². The van der Waals surface area contributed by atoms with Gasteiger partial charge >= 0.3 is 0 Å². The minimum absolute atomic E-state index is 0.00329. The van der Waals surface area contributed by atoms with Crippen molar-refractivity contribution in [2.75, 3.05) is 25.1 Å². The quantitative estimate of drug-likeness (QED) is 0.355. The van der Waals surface area contributed by atoms with Gasteiger partial charge in [0.2, 0.25) is 0 Å². The van der Waals surface area contributed by atoms with Crippen molar-refractivity contribution in [2.45, 2.75) is 39.2 Å². The molecule has 1 aromatic rings. The van der Waals surface area contributed by atoms with Gasteiger partial charge in [-0.15, -0.1) is 0 Å². The maximum absolute atomic E-state index is 13.8. The van der Waals surface area contributed by atoms with E-state index in [1.807, 2.05) is 19.9 Å². The maximum Gasteiger partial charge on any atom is 0.191 e. The maximum atomic E-state index is 13.8. The molecule has 25 heavy (non-hydrogen) atoms. The molecule has 0 aliphatic rings. The molecular formula is C17H27BrFN3O2S. The van der Waals surface area contributed by atoms with Crippen molar-refractivity contribution in [2.24, 2.45) is 4.99 Å². The summed E-state index contributed by atoms with van der Waals surface area (Å²) in [5.41, 5.74) is 0.679. The van der Waals surface area contributed by atoms with E-state index in [1.165, 1.54) is 12.3 Å². The van der Waals surface area contributed by atoms with Gasteiger partial charge in [0.1, 0.15) is 15.7 Å². The van der Waals surface area contributed by atoms with Crippen molar-refractivity contribution in [1.82, 2.24) is 10.6 Å². The lowest BCUT2D eigenvalue weighted by atomic mass is 10.1. The second-order valence-corrected chi connectivity index (χ2v) is 9.24. The van der Waals surface area contributed by atoms with Gasteiger partial charge < -0.3 is 10.6 Å². The number of benzene rings is 1. The van der Waals surface area contributed by atoms with Crippen molar-refractivity contribution in [3.8, 4) is 0 Å². The van der Waals surface area contributed by atoms with Gasteiger partial charge in [0.25, 0.3) is 0 Å². The van der Waals surface area contributed by atoms with Gasteiger partial charge in [-0.2, -0.15) is 0 Å². The van der Waals surface area contributed by atoms with E-state index < -0.39 is 9.84 Å². The summed E-state index contributed by atoms with van der Waals surface area (Å²) in [6.07, 6.45) is 3.10. The molecule has 1 unspecified atom stereocenters. The van der Waals surface area contributed by atoms with Gasteiger partial charge in [0.05, 0.1) is 5.75 Å². The lowest BCUT2D eigenvalue weighted by Crippen LogP contribution is -2.42. The number of rotatable bonds is 9. The Balaban J connectivity index is 2.49. The van der Waals surface area contributed by atoms with E-state index in [2.05, 4.69) is 31.6 Å². The predicted octanol–water partition coefficient (Wildman–Crippen LogP) is 2.90. The summed E-state index contributed by atoms with van der Waals surface area (Å²) in [6, 6.07) is 5.07. The van der Waals surface area contributed by atoms with E-state index in [4.69, 9.17) is 0 Å². The first kappa shape index (κ1) is 21.9. The van der Waals surface area contributed by atoms with E-state index >= 15 is 0 Å². The number of hydrogen-bond acceptors (Lipinski definition) is 3. The largest absolute Gasteiger partial charge is 0.357 e. The number of sulfone groups is 1. The number of aryl methyl sites for hydroxylation is 1. The average molecular weight is 436 g/mol. The third kappa shape index (κ3) is 9.79. The Morgan fingerprint density at radius 3 is 2.72 bits per heavy atom. The standard InChI is InChI=1S/C17H27BrFN3O2S/c1-4-20-17(22-13(2)9-11-25(3,23)24)21-10-5-6-14-7-8-15(18)12-16(14)19/h7-8,12-13H,4-6,9-11H2,1-3H3,(H2,20,21,22). The lowest BCUT2D eigenvalue weighted by molar-refractivity contribution is 0.580. The Morgan fingerprint density at radius 1 is 1.40 bits per heavy atom. The smallest absolute Gasteiger partial charge is 0.191 e. The summed E-state index contributed by atoms with van der Waals surface area (Å²) in [5.74, 6) is 0.584. The van der Waals surface area contributed by atoms with Crippen molar-refractivity contribution in [1.29, 1.82) is 0 Å². The minimum Gasteiger partial charge on any atom is -0.357 e. The van der Waals surface area contributed by atoms with Crippen LogP contribution in [0.2, 0.25) is 0 Å². The summed E-state index contributed by atoms with van der Waals surface area (Å²) >= 11 is 3.25. The molecule has 0 aromatic heterocycles. The fourth-order valence-corrected chi connectivity index (χ4v) is 3.32. The molecule has 0 bridgehead atoms. The molecule has 0 amide bonds. The van der Waals surface area contributed by atoms with E-state index in [0.717, 1.165) is 10.9 Å². The molecule has 142 valence electrons. The molecule has 5 nitrogen and oxygen atoms in total. The van der Waals surface area contributed by atoms with Crippen LogP contribution in [-0.4, -0.2) is 45.5 Å². The molecule has 1 atom stereocenters. The Morgan fingerprint density at radius 2 is 2.12 bits per heavy atom. The second-order valence-electron chi connectivity index (χ2n) is 6.06. The number of halogens is 2. The molecule has 0 heterocycles. The molecule has 0 spiro atoms. The van der Waals surface area contributed by atoms with Crippen molar-refractivity contribution >= 4 is 31.7 Å². The van der Waals surface area contributed by atoms with Gasteiger partial charge in [-0.3, -0.25) is 4.99 Å². The molecule has 0 aliphatic heterocycles. The van der Waals surface area contributed by atoms with Crippen molar-refractivity contribution in [3.05, 3.63) is 34.1 Å². The number of aliphatic imine (C=N–C) groups is 1. The third-order valence-corrected chi connectivity index (χ3v) is 5.01. The molecule has 0 saturated heterocycles. The fraction of sp³-hybridized carbons (Fsp3) is 0.588. The highest BCUT2D eigenvalue weighted by atomic mass is 79.9. The first-order valence-corrected chi connectivity index (χ1v) is 11.2. The van der Waals surface area contributed by atoms with Gasteiger partial charge in [0, 0.05) is 29.9 Å². The normalized spacial score (nSPS) is 13.6. The Labute approximate surface area is 158 Å².